The molecule has 0 aromatic heterocycles. The van der Waals surface area contributed by atoms with Crippen molar-refractivity contribution in [3.8, 4) is 0 Å². The highest BCUT2D eigenvalue weighted by molar-refractivity contribution is 5.76. The Balaban J connectivity index is 3.26. The molecule has 8 nitrogen and oxygen atoms in total. The van der Waals surface area contributed by atoms with Crippen LogP contribution in [0, 0.1) is 17.8 Å². The Morgan fingerprint density at radius 1 is 1.24 bits per heavy atom. The molecule has 0 unspecified atom stereocenters. The molecule has 7 N–H and O–H groups in total. The summed E-state index contributed by atoms with van der Waals surface area (Å²) in [6, 6.07) is -0.904. The zero-order valence-electron chi connectivity index (χ0n) is 15.3. The minimum absolute atomic E-state index is 0.128. The van der Waals surface area contributed by atoms with Gasteiger partial charge < -0.3 is 27.0 Å². The zero-order chi connectivity index (χ0) is 19.1. The molecule has 1 amide bonds. The Morgan fingerprint density at radius 2 is 1.80 bits per heavy atom. The molecule has 1 fully saturated rings. The number of guanidine groups is 1. The molecule has 0 aromatic carbocycles. The number of nitrogens with zero attached hydrogens (tertiary/aromatic N) is 1. The topological polar surface area (TPSA) is 151 Å². The van der Waals surface area contributed by atoms with Crippen LogP contribution in [0.4, 0.5) is 0 Å². The summed E-state index contributed by atoms with van der Waals surface area (Å²) in [6.07, 6.45) is 2.64. The van der Waals surface area contributed by atoms with Crippen molar-refractivity contribution in [2.75, 3.05) is 0 Å². The van der Waals surface area contributed by atoms with Gasteiger partial charge in [-0.2, -0.15) is 0 Å². The quantitative estimate of drug-likeness (QED) is 0.298. The number of carboxylic acids is 1. The van der Waals surface area contributed by atoms with E-state index < -0.39 is 30.0 Å². The minimum atomic E-state index is -1.11. The number of aliphatic imine (C=N–C) groups is 1. The lowest BCUT2D eigenvalue weighted by Crippen LogP contribution is -2.51. The van der Waals surface area contributed by atoms with Crippen LogP contribution in [0.25, 0.3) is 0 Å². The number of nitrogens with one attached hydrogen (secondary N) is 1. The maximum Gasteiger partial charge on any atom is 0.309 e. The highest BCUT2D eigenvalue weighted by Crippen LogP contribution is 2.40. The number of nitrogens with two attached hydrogens (primary N) is 2. The molecule has 1 saturated carbocycles. The average Bonchev–Trinajstić information content (AvgIpc) is 2.80. The van der Waals surface area contributed by atoms with Gasteiger partial charge in [-0.25, -0.2) is 4.99 Å². The molecule has 1 aliphatic carbocycles. The van der Waals surface area contributed by atoms with Gasteiger partial charge in [-0.3, -0.25) is 9.59 Å². The molecular weight excluding hydrogens is 324 g/mol. The second-order valence-corrected chi connectivity index (χ2v) is 6.93. The van der Waals surface area contributed by atoms with Gasteiger partial charge in [-0.15, -0.1) is 0 Å². The highest BCUT2D eigenvalue weighted by Gasteiger charge is 2.51. The second kappa shape index (κ2) is 9.60. The Hall–Kier alpha value is -1.83. The third kappa shape index (κ3) is 5.59. The van der Waals surface area contributed by atoms with E-state index in [9.17, 15) is 19.8 Å². The number of amides is 1. The Morgan fingerprint density at radius 3 is 2.20 bits per heavy atom. The van der Waals surface area contributed by atoms with E-state index in [2.05, 4.69) is 24.2 Å². The molecule has 0 aromatic rings. The molecule has 144 valence electrons. The van der Waals surface area contributed by atoms with Crippen LogP contribution in [0.15, 0.2) is 4.99 Å². The van der Waals surface area contributed by atoms with Crippen LogP contribution in [0.2, 0.25) is 0 Å². The summed E-state index contributed by atoms with van der Waals surface area (Å²) in [5, 5.41) is 23.0. The Kier molecular flexibility index (Phi) is 8.15. The lowest BCUT2D eigenvalue weighted by molar-refractivity contribution is -0.145. The van der Waals surface area contributed by atoms with Crippen LogP contribution >= 0.6 is 0 Å². The molecule has 0 radical (unpaired) electrons. The van der Waals surface area contributed by atoms with E-state index in [1.807, 2.05) is 0 Å². The van der Waals surface area contributed by atoms with Gasteiger partial charge in [0.1, 0.15) is 0 Å². The molecule has 1 rings (SSSR count). The summed E-state index contributed by atoms with van der Waals surface area (Å²) in [5.41, 5.74) is 11.0. The predicted octanol–water partition coefficient (Wildman–Crippen LogP) is 0.431. The van der Waals surface area contributed by atoms with E-state index in [0.717, 1.165) is 25.7 Å². The Bertz CT molecular complexity index is 487. The zero-order valence-corrected chi connectivity index (χ0v) is 15.3. The molecule has 0 heterocycles. The van der Waals surface area contributed by atoms with Crippen LogP contribution in [0.5, 0.6) is 0 Å². The number of aliphatic carboxylic acids is 1. The molecule has 5 atom stereocenters. The number of carboxylic acid groups (broad SMARTS) is 1. The van der Waals surface area contributed by atoms with Gasteiger partial charge in [0.25, 0.3) is 0 Å². The number of rotatable bonds is 9. The first-order valence-corrected chi connectivity index (χ1v) is 8.99. The molecule has 25 heavy (non-hydrogen) atoms. The van der Waals surface area contributed by atoms with Crippen molar-refractivity contribution in [1.29, 1.82) is 0 Å². The molecule has 0 saturated heterocycles. The normalized spacial score (nSPS) is 27.1. The number of hydrogen-bond donors (Lipinski definition) is 5. The number of aliphatic hydroxyl groups excluding tert-OH is 1. The molecule has 0 bridgehead atoms. The average molecular weight is 356 g/mol. The van der Waals surface area contributed by atoms with E-state index in [1.54, 1.807) is 0 Å². The second-order valence-electron chi connectivity index (χ2n) is 6.93. The van der Waals surface area contributed by atoms with Gasteiger partial charge in [0, 0.05) is 18.9 Å². The van der Waals surface area contributed by atoms with Gasteiger partial charge >= 0.3 is 5.97 Å². The maximum atomic E-state index is 11.8. The summed E-state index contributed by atoms with van der Waals surface area (Å²) in [4.78, 5) is 27.4. The molecule has 0 spiro atoms. The van der Waals surface area contributed by atoms with E-state index in [-0.39, 0.29) is 30.2 Å². The van der Waals surface area contributed by atoms with Crippen LogP contribution < -0.4 is 16.8 Å². The van der Waals surface area contributed by atoms with E-state index in [0.29, 0.717) is 0 Å². The van der Waals surface area contributed by atoms with Crippen LogP contribution in [0.1, 0.15) is 52.9 Å². The predicted molar refractivity (Wildman–Crippen MR) is 95.7 cm³/mol. The van der Waals surface area contributed by atoms with Gasteiger partial charge in [0.2, 0.25) is 5.91 Å². The van der Waals surface area contributed by atoms with E-state index in [4.69, 9.17) is 11.5 Å². The first-order chi connectivity index (χ1) is 11.7. The summed E-state index contributed by atoms with van der Waals surface area (Å²) in [6.45, 7) is 5.55. The molecular formula is C17H32N4O4. The SMILES string of the molecule is CCCC(CCC)[C@H](NC(C)=O)[C@H]1[C@H](O)[C@@H](C(=O)O)C[C@H]1N=C(N)N. The van der Waals surface area contributed by atoms with E-state index >= 15 is 0 Å². The molecule has 8 heteroatoms. The van der Waals surface area contributed by atoms with Crippen LogP contribution in [-0.4, -0.2) is 46.2 Å². The summed E-state index contributed by atoms with van der Waals surface area (Å²) >= 11 is 0. The number of aliphatic hydroxyl groups is 1. The largest absolute Gasteiger partial charge is 0.481 e. The minimum Gasteiger partial charge on any atom is -0.481 e. The van der Waals surface area contributed by atoms with E-state index in [1.165, 1.54) is 6.92 Å². The lowest BCUT2D eigenvalue weighted by atomic mass is 9.79. The third-order valence-corrected chi connectivity index (χ3v) is 4.99. The van der Waals surface area contributed by atoms with Crippen molar-refractivity contribution in [2.24, 2.45) is 34.2 Å². The van der Waals surface area contributed by atoms with Crippen molar-refractivity contribution >= 4 is 17.8 Å². The number of hydrogen-bond acceptors (Lipinski definition) is 4. The number of carbonyl (C=O) groups is 2. The van der Waals surface area contributed by atoms with Crippen LogP contribution in [0.3, 0.4) is 0 Å². The van der Waals surface area contributed by atoms with Crippen LogP contribution in [-0.2, 0) is 9.59 Å². The summed E-state index contributed by atoms with van der Waals surface area (Å²) < 4.78 is 0. The monoisotopic (exact) mass is 356 g/mol. The number of carbonyl (C=O) groups excluding carboxylic acids is 1. The first kappa shape index (κ1) is 21.2. The standard InChI is InChI=1S/C17H32N4O4/c1-4-6-10(7-5-2)14(20-9(3)22)13-12(21-17(18)19)8-11(15(13)23)16(24)25/h10-15,23H,4-8H2,1-3H3,(H,20,22)(H,24,25)(H4,18,19,21)/t11-,12+,13-,14-,15+/m0/s1. The smallest absolute Gasteiger partial charge is 0.309 e. The molecule has 0 aliphatic heterocycles. The lowest BCUT2D eigenvalue weighted by Gasteiger charge is -2.36. The van der Waals surface area contributed by atoms with Crippen molar-refractivity contribution in [1.82, 2.24) is 5.32 Å². The fraction of sp³-hybridized carbons (Fsp3) is 0.824. The third-order valence-electron chi connectivity index (χ3n) is 4.99. The fourth-order valence-corrected chi connectivity index (χ4v) is 4.09. The Labute approximate surface area is 149 Å². The summed E-state index contributed by atoms with van der Waals surface area (Å²) in [7, 11) is 0. The molecule has 1 aliphatic rings. The highest BCUT2D eigenvalue weighted by atomic mass is 16.4. The van der Waals surface area contributed by atoms with Crippen molar-refractivity contribution in [3.05, 3.63) is 0 Å². The van der Waals surface area contributed by atoms with Gasteiger partial charge in [-0.1, -0.05) is 26.7 Å². The van der Waals surface area contributed by atoms with Gasteiger partial charge in [0.05, 0.1) is 18.1 Å². The van der Waals surface area contributed by atoms with Gasteiger partial charge in [-0.05, 0) is 25.2 Å². The van der Waals surface area contributed by atoms with Crippen molar-refractivity contribution < 1.29 is 19.8 Å². The maximum absolute atomic E-state index is 11.8. The van der Waals surface area contributed by atoms with Crippen molar-refractivity contribution in [2.45, 2.75) is 71.1 Å². The fourth-order valence-electron chi connectivity index (χ4n) is 4.09. The first-order valence-electron chi connectivity index (χ1n) is 8.99. The van der Waals surface area contributed by atoms with Crippen molar-refractivity contribution in [3.63, 3.8) is 0 Å². The summed E-state index contributed by atoms with van der Waals surface area (Å²) in [5.74, 6) is -2.78. The van der Waals surface area contributed by atoms with Gasteiger partial charge in [0.15, 0.2) is 5.96 Å².